The number of aryl methyl sites for hydroxylation is 1. The molecule has 0 aliphatic carbocycles. The minimum absolute atomic E-state index is 0.342. The van der Waals surface area contributed by atoms with Crippen molar-refractivity contribution >= 4 is 34.9 Å². The number of benzene rings is 1. The van der Waals surface area contributed by atoms with Crippen molar-refractivity contribution in [1.82, 2.24) is 20.5 Å². The summed E-state index contributed by atoms with van der Waals surface area (Å²) in [6, 6.07) is 3.01. The molecule has 0 saturated heterocycles. The number of H-pyrrole nitrogens is 1. The number of hydrogen-bond acceptors (Lipinski definition) is 3. The Bertz CT molecular complexity index is 656. The number of aromatic nitrogens is 3. The summed E-state index contributed by atoms with van der Waals surface area (Å²) < 4.78 is 0. The molecular formula is C13H15Cl2N5O. The lowest BCUT2D eigenvalue weighted by Gasteiger charge is -2.10. The van der Waals surface area contributed by atoms with E-state index in [4.69, 9.17) is 23.2 Å². The Hall–Kier alpha value is -1.79. The third-order valence-corrected chi connectivity index (χ3v) is 3.74. The van der Waals surface area contributed by atoms with Gasteiger partial charge in [0.15, 0.2) is 5.82 Å². The number of carbonyl (C=O) groups excluding carboxylic acids is 1. The van der Waals surface area contributed by atoms with E-state index in [-0.39, 0.29) is 6.03 Å². The standard InChI is InChI=1S/C13H15Cl2N5O/c1-7-9(14)3-4-10(12(7)15)18-13(21)16-6-5-11-17-8(2)19-20-11/h3-4H,5-6H2,1-2H3,(H2,16,18,21)(H,17,19,20). The summed E-state index contributed by atoms with van der Waals surface area (Å²) in [5.41, 5.74) is 1.25. The lowest BCUT2D eigenvalue weighted by molar-refractivity contribution is 0.252. The van der Waals surface area contributed by atoms with Gasteiger partial charge >= 0.3 is 6.03 Å². The molecule has 0 fully saturated rings. The van der Waals surface area contributed by atoms with E-state index in [1.54, 1.807) is 19.1 Å². The van der Waals surface area contributed by atoms with Crippen LogP contribution in [0.2, 0.25) is 10.0 Å². The number of anilines is 1. The van der Waals surface area contributed by atoms with E-state index in [0.717, 1.165) is 11.4 Å². The number of rotatable bonds is 4. The smallest absolute Gasteiger partial charge is 0.319 e. The van der Waals surface area contributed by atoms with Crippen molar-refractivity contribution in [3.05, 3.63) is 39.4 Å². The molecule has 0 saturated carbocycles. The van der Waals surface area contributed by atoms with Crippen molar-refractivity contribution < 1.29 is 4.79 Å². The van der Waals surface area contributed by atoms with Gasteiger partial charge in [0.1, 0.15) is 5.82 Å². The predicted molar refractivity (Wildman–Crippen MR) is 83.0 cm³/mol. The quantitative estimate of drug-likeness (QED) is 0.806. The average molecular weight is 328 g/mol. The fourth-order valence-corrected chi connectivity index (χ4v) is 2.13. The maximum absolute atomic E-state index is 11.8. The van der Waals surface area contributed by atoms with Gasteiger partial charge in [-0.25, -0.2) is 9.78 Å². The summed E-state index contributed by atoms with van der Waals surface area (Å²) in [7, 11) is 0. The van der Waals surface area contributed by atoms with Crippen LogP contribution in [0.5, 0.6) is 0 Å². The van der Waals surface area contributed by atoms with Gasteiger partial charge in [0.05, 0.1) is 10.7 Å². The molecule has 6 nitrogen and oxygen atoms in total. The molecule has 0 atom stereocenters. The number of carbonyl (C=O) groups is 1. The molecule has 0 bridgehead atoms. The van der Waals surface area contributed by atoms with Crippen LogP contribution in [0.4, 0.5) is 10.5 Å². The van der Waals surface area contributed by atoms with Gasteiger partial charge in [-0.3, -0.25) is 5.10 Å². The molecule has 1 aromatic carbocycles. The Morgan fingerprint density at radius 3 is 2.76 bits per heavy atom. The van der Waals surface area contributed by atoms with Gasteiger partial charge in [0, 0.05) is 18.0 Å². The second kappa shape index (κ2) is 6.78. The van der Waals surface area contributed by atoms with E-state index in [9.17, 15) is 4.79 Å². The summed E-state index contributed by atoms with van der Waals surface area (Å²) in [4.78, 5) is 15.9. The highest BCUT2D eigenvalue weighted by Gasteiger charge is 2.09. The van der Waals surface area contributed by atoms with Gasteiger partial charge in [0.25, 0.3) is 0 Å². The first-order valence-corrected chi connectivity index (χ1v) is 7.10. The van der Waals surface area contributed by atoms with Gasteiger partial charge in [-0.2, -0.15) is 5.10 Å². The second-order valence-electron chi connectivity index (χ2n) is 4.50. The van der Waals surface area contributed by atoms with Crippen LogP contribution in [0.3, 0.4) is 0 Å². The molecule has 3 N–H and O–H groups in total. The molecule has 1 heterocycles. The van der Waals surface area contributed by atoms with E-state index in [2.05, 4.69) is 25.8 Å². The maximum Gasteiger partial charge on any atom is 0.319 e. The molecular weight excluding hydrogens is 313 g/mol. The molecule has 0 unspecified atom stereocenters. The summed E-state index contributed by atoms with van der Waals surface area (Å²) in [5, 5.41) is 13.1. The minimum Gasteiger partial charge on any atom is -0.337 e. The minimum atomic E-state index is -0.342. The van der Waals surface area contributed by atoms with Gasteiger partial charge in [-0.05, 0) is 31.5 Å². The molecule has 8 heteroatoms. The zero-order chi connectivity index (χ0) is 15.4. The molecule has 112 valence electrons. The zero-order valence-electron chi connectivity index (χ0n) is 11.6. The van der Waals surface area contributed by atoms with Crippen molar-refractivity contribution in [1.29, 1.82) is 0 Å². The third-order valence-electron chi connectivity index (χ3n) is 2.85. The van der Waals surface area contributed by atoms with E-state index >= 15 is 0 Å². The lowest BCUT2D eigenvalue weighted by atomic mass is 10.2. The normalized spacial score (nSPS) is 10.5. The highest BCUT2D eigenvalue weighted by atomic mass is 35.5. The molecule has 21 heavy (non-hydrogen) atoms. The molecule has 2 aromatic rings. The number of aromatic amines is 1. The fraction of sp³-hybridized carbons (Fsp3) is 0.308. The molecule has 2 amide bonds. The fourth-order valence-electron chi connectivity index (χ4n) is 1.71. The number of nitrogens with one attached hydrogen (secondary N) is 3. The monoisotopic (exact) mass is 327 g/mol. The van der Waals surface area contributed by atoms with Crippen molar-refractivity contribution in [2.75, 3.05) is 11.9 Å². The van der Waals surface area contributed by atoms with Gasteiger partial charge in [-0.15, -0.1) is 0 Å². The Balaban J connectivity index is 1.86. The number of nitrogens with zero attached hydrogens (tertiary/aromatic N) is 2. The largest absolute Gasteiger partial charge is 0.337 e. The van der Waals surface area contributed by atoms with Crippen LogP contribution in [0, 0.1) is 13.8 Å². The van der Waals surface area contributed by atoms with Gasteiger partial charge in [-0.1, -0.05) is 23.2 Å². The molecule has 1 aromatic heterocycles. The van der Waals surface area contributed by atoms with Crippen LogP contribution in [-0.2, 0) is 6.42 Å². The van der Waals surface area contributed by atoms with Gasteiger partial charge < -0.3 is 10.6 Å². The zero-order valence-corrected chi connectivity index (χ0v) is 13.1. The first-order valence-electron chi connectivity index (χ1n) is 6.34. The van der Waals surface area contributed by atoms with Crippen LogP contribution in [0.25, 0.3) is 0 Å². The third kappa shape index (κ3) is 4.09. The molecule has 2 rings (SSSR count). The summed E-state index contributed by atoms with van der Waals surface area (Å²) >= 11 is 12.1. The average Bonchev–Trinajstić information content (AvgIpc) is 2.85. The Morgan fingerprint density at radius 1 is 1.33 bits per heavy atom. The summed E-state index contributed by atoms with van der Waals surface area (Å²) in [5.74, 6) is 1.41. The second-order valence-corrected chi connectivity index (χ2v) is 5.29. The highest BCUT2D eigenvalue weighted by molar-refractivity contribution is 6.38. The predicted octanol–water partition coefficient (Wildman–Crippen LogP) is 3.09. The molecule has 0 spiro atoms. The lowest BCUT2D eigenvalue weighted by Crippen LogP contribution is -2.30. The first-order chi connectivity index (χ1) is 9.97. The van der Waals surface area contributed by atoms with Crippen LogP contribution >= 0.6 is 23.2 Å². The Kier molecular flexibility index (Phi) is 5.03. The van der Waals surface area contributed by atoms with Crippen molar-refractivity contribution in [3.8, 4) is 0 Å². The van der Waals surface area contributed by atoms with Gasteiger partial charge in [0.2, 0.25) is 0 Å². The Morgan fingerprint density at radius 2 is 2.10 bits per heavy atom. The van der Waals surface area contributed by atoms with Crippen LogP contribution in [0.1, 0.15) is 17.2 Å². The van der Waals surface area contributed by atoms with Crippen molar-refractivity contribution in [2.24, 2.45) is 0 Å². The SMILES string of the molecule is Cc1nc(CCNC(=O)Nc2ccc(Cl)c(C)c2Cl)n[nH]1. The van der Waals surface area contributed by atoms with E-state index < -0.39 is 0 Å². The summed E-state index contributed by atoms with van der Waals surface area (Å²) in [6.45, 7) is 4.04. The van der Waals surface area contributed by atoms with Crippen molar-refractivity contribution in [3.63, 3.8) is 0 Å². The molecule has 0 aliphatic heterocycles. The van der Waals surface area contributed by atoms with E-state index in [1.807, 2.05) is 6.92 Å². The first kappa shape index (κ1) is 15.6. The van der Waals surface area contributed by atoms with Crippen LogP contribution in [-0.4, -0.2) is 27.8 Å². The summed E-state index contributed by atoms with van der Waals surface area (Å²) in [6.07, 6.45) is 0.547. The molecule has 0 aliphatic rings. The Labute approximate surface area is 132 Å². The topological polar surface area (TPSA) is 82.7 Å². The number of urea groups is 1. The molecule has 0 radical (unpaired) electrons. The van der Waals surface area contributed by atoms with E-state index in [1.165, 1.54) is 0 Å². The van der Waals surface area contributed by atoms with Crippen LogP contribution in [0.15, 0.2) is 12.1 Å². The van der Waals surface area contributed by atoms with E-state index in [0.29, 0.717) is 34.5 Å². The number of amides is 2. The number of hydrogen-bond donors (Lipinski definition) is 3. The van der Waals surface area contributed by atoms with Crippen molar-refractivity contribution in [2.45, 2.75) is 20.3 Å². The highest BCUT2D eigenvalue weighted by Crippen LogP contribution is 2.30. The van der Waals surface area contributed by atoms with Crippen LogP contribution < -0.4 is 10.6 Å². The number of halogens is 2. The maximum atomic E-state index is 11.8.